The number of anilines is 2. The van der Waals surface area contributed by atoms with Gasteiger partial charge in [0.1, 0.15) is 0 Å². The Morgan fingerprint density at radius 3 is 2.19 bits per heavy atom. The van der Waals surface area contributed by atoms with Crippen LogP contribution in [-0.4, -0.2) is 80.1 Å². The van der Waals surface area contributed by atoms with Crippen LogP contribution in [0.3, 0.4) is 0 Å². The van der Waals surface area contributed by atoms with Gasteiger partial charge in [-0.05, 0) is 31.2 Å². The Labute approximate surface area is 154 Å². The van der Waals surface area contributed by atoms with Crippen molar-refractivity contribution >= 4 is 23.2 Å². The second-order valence-electron chi connectivity index (χ2n) is 6.85. The Bertz CT molecular complexity index is 620. The predicted molar refractivity (Wildman–Crippen MR) is 101 cm³/mol. The lowest BCUT2D eigenvalue weighted by molar-refractivity contribution is -0.131. The number of rotatable bonds is 4. The van der Waals surface area contributed by atoms with Crippen LogP contribution in [0.1, 0.15) is 13.8 Å². The molecule has 0 radical (unpaired) electrons. The van der Waals surface area contributed by atoms with Gasteiger partial charge in [0.25, 0.3) is 0 Å². The number of piperazine rings is 1. The first-order valence-electron chi connectivity index (χ1n) is 9.28. The lowest BCUT2D eigenvalue weighted by Gasteiger charge is -2.37. The molecule has 2 aliphatic rings. The minimum Gasteiger partial charge on any atom is -0.378 e. The maximum absolute atomic E-state index is 12.6. The fraction of sp³-hybridized carbons (Fsp3) is 0.579. The summed E-state index contributed by atoms with van der Waals surface area (Å²) in [5.74, 6) is 0.0857. The summed E-state index contributed by atoms with van der Waals surface area (Å²) >= 11 is 0. The van der Waals surface area contributed by atoms with E-state index in [9.17, 15) is 9.59 Å². The van der Waals surface area contributed by atoms with Crippen molar-refractivity contribution in [3.63, 3.8) is 0 Å². The van der Waals surface area contributed by atoms with Crippen molar-refractivity contribution in [1.82, 2.24) is 9.80 Å². The van der Waals surface area contributed by atoms with Crippen LogP contribution in [0.4, 0.5) is 11.4 Å². The van der Waals surface area contributed by atoms with Gasteiger partial charge in [0.05, 0.1) is 19.3 Å². The number of ether oxygens (including phenoxy) is 1. The van der Waals surface area contributed by atoms with Gasteiger partial charge in [-0.2, -0.15) is 0 Å². The molecule has 1 atom stereocenters. The van der Waals surface area contributed by atoms with E-state index in [1.54, 1.807) is 6.92 Å². The van der Waals surface area contributed by atoms with Gasteiger partial charge < -0.3 is 19.9 Å². The van der Waals surface area contributed by atoms with Crippen molar-refractivity contribution < 1.29 is 14.3 Å². The van der Waals surface area contributed by atoms with Crippen molar-refractivity contribution in [2.75, 3.05) is 62.7 Å². The summed E-state index contributed by atoms with van der Waals surface area (Å²) in [5.41, 5.74) is 1.96. The normalized spacial score (nSPS) is 19.9. The molecule has 142 valence electrons. The summed E-state index contributed by atoms with van der Waals surface area (Å²) in [6, 6.07) is 7.75. The molecule has 1 aromatic rings. The van der Waals surface area contributed by atoms with E-state index >= 15 is 0 Å². The van der Waals surface area contributed by atoms with Crippen LogP contribution in [0.25, 0.3) is 0 Å². The molecule has 0 spiro atoms. The number of benzene rings is 1. The zero-order valence-electron chi connectivity index (χ0n) is 15.6. The van der Waals surface area contributed by atoms with Gasteiger partial charge in [-0.3, -0.25) is 14.5 Å². The van der Waals surface area contributed by atoms with E-state index in [1.807, 2.05) is 36.1 Å². The topological polar surface area (TPSA) is 65.1 Å². The largest absolute Gasteiger partial charge is 0.378 e. The number of morpholine rings is 1. The van der Waals surface area contributed by atoms with E-state index in [4.69, 9.17) is 4.74 Å². The fourth-order valence-corrected chi connectivity index (χ4v) is 3.41. The highest BCUT2D eigenvalue weighted by Gasteiger charge is 2.26. The number of nitrogens with one attached hydrogen (secondary N) is 1. The lowest BCUT2D eigenvalue weighted by Crippen LogP contribution is -2.53. The molecule has 2 heterocycles. The van der Waals surface area contributed by atoms with Crippen molar-refractivity contribution in [1.29, 1.82) is 0 Å². The summed E-state index contributed by atoms with van der Waals surface area (Å²) < 4.78 is 5.38. The molecule has 0 unspecified atom stereocenters. The predicted octanol–water partition coefficient (Wildman–Crippen LogP) is 1.01. The summed E-state index contributed by atoms with van der Waals surface area (Å²) in [5, 5.41) is 3.00. The molecule has 0 aliphatic carbocycles. The Hall–Kier alpha value is -2.12. The fourth-order valence-electron chi connectivity index (χ4n) is 3.41. The smallest absolute Gasteiger partial charge is 0.241 e. The van der Waals surface area contributed by atoms with Gasteiger partial charge in [0.2, 0.25) is 11.8 Å². The average molecular weight is 360 g/mol. The molecule has 0 aromatic heterocycles. The number of nitrogens with zero attached hydrogens (tertiary/aromatic N) is 3. The van der Waals surface area contributed by atoms with E-state index in [0.717, 1.165) is 50.8 Å². The first kappa shape index (κ1) is 18.7. The standard InChI is InChI=1S/C19H28N4O3/c1-15(21-7-9-22(10-8-21)16(2)24)19(25)20-17-3-5-18(6-4-17)23-11-13-26-14-12-23/h3-6,15H,7-14H2,1-2H3,(H,20,25)/t15-/m0/s1. The van der Waals surface area contributed by atoms with Crippen LogP contribution in [0, 0.1) is 0 Å². The molecule has 1 N–H and O–H groups in total. The molecule has 7 nitrogen and oxygen atoms in total. The lowest BCUT2D eigenvalue weighted by atomic mass is 10.2. The molecule has 2 amide bonds. The highest BCUT2D eigenvalue weighted by atomic mass is 16.5. The number of carbonyl (C=O) groups is 2. The molecule has 2 saturated heterocycles. The quantitative estimate of drug-likeness (QED) is 0.868. The van der Waals surface area contributed by atoms with Crippen LogP contribution >= 0.6 is 0 Å². The zero-order chi connectivity index (χ0) is 18.5. The third-order valence-corrected chi connectivity index (χ3v) is 5.20. The number of amides is 2. The van der Waals surface area contributed by atoms with Crippen LogP contribution < -0.4 is 10.2 Å². The van der Waals surface area contributed by atoms with E-state index in [0.29, 0.717) is 13.1 Å². The Morgan fingerprint density at radius 2 is 1.62 bits per heavy atom. The Morgan fingerprint density at radius 1 is 1.00 bits per heavy atom. The highest BCUT2D eigenvalue weighted by molar-refractivity contribution is 5.94. The molecule has 1 aromatic carbocycles. The monoisotopic (exact) mass is 360 g/mol. The first-order valence-corrected chi connectivity index (χ1v) is 9.28. The molecule has 2 fully saturated rings. The van der Waals surface area contributed by atoms with E-state index < -0.39 is 0 Å². The number of hydrogen-bond acceptors (Lipinski definition) is 5. The molecule has 7 heteroatoms. The van der Waals surface area contributed by atoms with Crippen LogP contribution in [0.5, 0.6) is 0 Å². The van der Waals surface area contributed by atoms with Crippen molar-refractivity contribution in [2.45, 2.75) is 19.9 Å². The third-order valence-electron chi connectivity index (χ3n) is 5.20. The molecule has 0 bridgehead atoms. The summed E-state index contributed by atoms with van der Waals surface area (Å²) in [6.07, 6.45) is 0. The molecular formula is C19H28N4O3. The maximum Gasteiger partial charge on any atom is 0.241 e. The minimum atomic E-state index is -0.219. The van der Waals surface area contributed by atoms with Gasteiger partial charge >= 0.3 is 0 Å². The summed E-state index contributed by atoms with van der Waals surface area (Å²) in [7, 11) is 0. The number of carbonyl (C=O) groups excluding carboxylic acids is 2. The number of hydrogen-bond donors (Lipinski definition) is 1. The second-order valence-corrected chi connectivity index (χ2v) is 6.85. The minimum absolute atomic E-state index is 0.0135. The molecule has 0 saturated carbocycles. The third kappa shape index (κ3) is 4.53. The zero-order valence-corrected chi connectivity index (χ0v) is 15.6. The van der Waals surface area contributed by atoms with Crippen LogP contribution in [0.2, 0.25) is 0 Å². The molecule has 3 rings (SSSR count). The van der Waals surface area contributed by atoms with E-state index in [1.165, 1.54) is 0 Å². The SMILES string of the molecule is CC(=O)N1CCN([C@@H](C)C(=O)Nc2ccc(N3CCOCC3)cc2)CC1. The van der Waals surface area contributed by atoms with E-state index in [-0.39, 0.29) is 17.9 Å². The van der Waals surface area contributed by atoms with Crippen molar-refractivity contribution in [2.24, 2.45) is 0 Å². The summed E-state index contributed by atoms with van der Waals surface area (Å²) in [6.45, 7) is 9.63. The van der Waals surface area contributed by atoms with Crippen LogP contribution in [0.15, 0.2) is 24.3 Å². The van der Waals surface area contributed by atoms with E-state index in [2.05, 4.69) is 15.1 Å². The highest BCUT2D eigenvalue weighted by Crippen LogP contribution is 2.19. The van der Waals surface area contributed by atoms with Gasteiger partial charge in [-0.25, -0.2) is 0 Å². The molecular weight excluding hydrogens is 332 g/mol. The van der Waals surface area contributed by atoms with Gasteiger partial charge in [0.15, 0.2) is 0 Å². The Kier molecular flexibility index (Phi) is 6.11. The average Bonchev–Trinajstić information content (AvgIpc) is 2.68. The molecule has 2 aliphatic heterocycles. The van der Waals surface area contributed by atoms with Crippen molar-refractivity contribution in [3.05, 3.63) is 24.3 Å². The first-order chi connectivity index (χ1) is 12.5. The Balaban J connectivity index is 1.51. The van der Waals surface area contributed by atoms with Gasteiger partial charge in [-0.1, -0.05) is 0 Å². The molecule has 26 heavy (non-hydrogen) atoms. The van der Waals surface area contributed by atoms with Crippen molar-refractivity contribution in [3.8, 4) is 0 Å². The maximum atomic E-state index is 12.6. The van der Waals surface area contributed by atoms with Gasteiger partial charge in [-0.15, -0.1) is 0 Å². The van der Waals surface area contributed by atoms with Crippen LogP contribution in [-0.2, 0) is 14.3 Å². The second kappa shape index (κ2) is 8.51. The summed E-state index contributed by atoms with van der Waals surface area (Å²) in [4.78, 5) is 30.2. The van der Waals surface area contributed by atoms with Gasteiger partial charge in [0, 0.05) is 57.6 Å².